The molecule has 1 aliphatic carbocycles. The van der Waals surface area contributed by atoms with Crippen LogP contribution in [0.25, 0.3) is 0 Å². The van der Waals surface area contributed by atoms with Crippen molar-refractivity contribution in [2.75, 3.05) is 13.7 Å². The lowest BCUT2D eigenvalue weighted by Gasteiger charge is -2.14. The van der Waals surface area contributed by atoms with Gasteiger partial charge in [-0.25, -0.2) is 0 Å². The molecule has 0 spiro atoms. The monoisotopic (exact) mass is 328 g/mol. The molecule has 1 N–H and O–H groups in total. The van der Waals surface area contributed by atoms with E-state index in [1.54, 1.807) is 7.11 Å². The molecule has 6 nitrogen and oxygen atoms in total. The van der Waals surface area contributed by atoms with Crippen molar-refractivity contribution in [3.8, 4) is 5.75 Å². The molecule has 1 fully saturated rings. The van der Waals surface area contributed by atoms with E-state index in [2.05, 4.69) is 5.32 Å². The van der Waals surface area contributed by atoms with Gasteiger partial charge in [-0.05, 0) is 30.5 Å². The fourth-order valence-corrected chi connectivity index (χ4v) is 3.17. The standard InChI is InChI=1S/C18H20N2O4/c1-24-13-8-6-12(7-9-13)10-19-16(21)11-20-17(22)14-4-2-3-5-15(14)18(20)23/h2-3,6-9,14-15H,4-5,10-11H2,1H3,(H,19,21)/t14-,15-/m1/s1. The summed E-state index contributed by atoms with van der Waals surface area (Å²) in [5.74, 6) is -0.634. The molecule has 1 saturated heterocycles. The van der Waals surface area contributed by atoms with Crippen molar-refractivity contribution in [3.05, 3.63) is 42.0 Å². The third-order valence-corrected chi connectivity index (χ3v) is 4.55. The molecule has 0 bridgehead atoms. The lowest BCUT2D eigenvalue weighted by molar-refractivity contribution is -0.143. The van der Waals surface area contributed by atoms with Crippen LogP contribution < -0.4 is 10.1 Å². The maximum atomic E-state index is 12.3. The molecule has 1 heterocycles. The van der Waals surface area contributed by atoms with Crippen molar-refractivity contribution in [1.82, 2.24) is 10.2 Å². The summed E-state index contributed by atoms with van der Waals surface area (Å²) in [6.07, 6.45) is 5.03. The second-order valence-corrected chi connectivity index (χ2v) is 6.04. The predicted octanol–water partition coefficient (Wildman–Crippen LogP) is 1.26. The number of carbonyl (C=O) groups is 3. The summed E-state index contributed by atoms with van der Waals surface area (Å²) in [5, 5.41) is 2.74. The van der Waals surface area contributed by atoms with E-state index >= 15 is 0 Å². The van der Waals surface area contributed by atoms with Crippen LogP contribution in [0.5, 0.6) is 5.75 Å². The first-order chi connectivity index (χ1) is 11.6. The van der Waals surface area contributed by atoms with Crippen LogP contribution in [-0.4, -0.2) is 36.3 Å². The van der Waals surface area contributed by atoms with Crippen LogP contribution in [0.1, 0.15) is 18.4 Å². The lowest BCUT2D eigenvalue weighted by Crippen LogP contribution is -2.40. The second kappa shape index (κ2) is 6.86. The molecular formula is C18H20N2O4. The van der Waals surface area contributed by atoms with Crippen LogP contribution in [0.3, 0.4) is 0 Å². The first-order valence-electron chi connectivity index (χ1n) is 8.00. The minimum atomic E-state index is -0.334. The van der Waals surface area contributed by atoms with Gasteiger partial charge in [-0.15, -0.1) is 0 Å². The Morgan fingerprint density at radius 1 is 1.12 bits per heavy atom. The Morgan fingerprint density at radius 2 is 1.71 bits per heavy atom. The Kier molecular flexibility index (Phi) is 4.64. The van der Waals surface area contributed by atoms with Gasteiger partial charge in [-0.1, -0.05) is 24.3 Å². The maximum absolute atomic E-state index is 12.3. The highest BCUT2D eigenvalue weighted by molar-refractivity contribution is 6.07. The average Bonchev–Trinajstić information content (AvgIpc) is 2.86. The average molecular weight is 328 g/mol. The van der Waals surface area contributed by atoms with Gasteiger partial charge < -0.3 is 10.1 Å². The van der Waals surface area contributed by atoms with Crippen molar-refractivity contribution in [2.45, 2.75) is 19.4 Å². The van der Waals surface area contributed by atoms with E-state index in [-0.39, 0.29) is 36.1 Å². The number of benzene rings is 1. The minimum absolute atomic E-state index is 0.208. The van der Waals surface area contributed by atoms with Gasteiger partial charge in [0.1, 0.15) is 12.3 Å². The second-order valence-electron chi connectivity index (χ2n) is 6.04. The Morgan fingerprint density at radius 3 is 2.25 bits per heavy atom. The van der Waals surface area contributed by atoms with Crippen molar-refractivity contribution < 1.29 is 19.1 Å². The van der Waals surface area contributed by atoms with Crippen molar-refractivity contribution in [3.63, 3.8) is 0 Å². The summed E-state index contributed by atoms with van der Waals surface area (Å²) in [7, 11) is 1.59. The first kappa shape index (κ1) is 16.2. The van der Waals surface area contributed by atoms with Gasteiger partial charge >= 0.3 is 0 Å². The zero-order chi connectivity index (χ0) is 17.1. The molecule has 24 heavy (non-hydrogen) atoms. The summed E-state index contributed by atoms with van der Waals surface area (Å²) < 4.78 is 5.08. The zero-order valence-corrected chi connectivity index (χ0v) is 13.5. The van der Waals surface area contributed by atoms with E-state index in [1.165, 1.54) is 0 Å². The SMILES string of the molecule is COc1ccc(CNC(=O)CN2C(=O)[C@@H]3CC=CC[C@H]3C2=O)cc1. The molecule has 3 amide bonds. The summed E-state index contributed by atoms with van der Waals surface area (Å²) in [4.78, 5) is 37.8. The van der Waals surface area contributed by atoms with Crippen molar-refractivity contribution in [1.29, 1.82) is 0 Å². The molecule has 2 atom stereocenters. The fraction of sp³-hybridized carbons (Fsp3) is 0.389. The molecule has 0 saturated carbocycles. The first-order valence-corrected chi connectivity index (χ1v) is 8.00. The van der Waals surface area contributed by atoms with E-state index in [4.69, 9.17) is 4.74 Å². The number of hydrogen-bond acceptors (Lipinski definition) is 4. The minimum Gasteiger partial charge on any atom is -0.497 e. The third-order valence-electron chi connectivity index (χ3n) is 4.55. The van der Waals surface area contributed by atoms with Gasteiger partial charge in [0.2, 0.25) is 17.7 Å². The van der Waals surface area contributed by atoms with E-state index in [1.807, 2.05) is 36.4 Å². The van der Waals surface area contributed by atoms with E-state index in [0.29, 0.717) is 19.4 Å². The van der Waals surface area contributed by atoms with E-state index < -0.39 is 0 Å². The Bertz CT molecular complexity index is 655. The number of allylic oxidation sites excluding steroid dienone is 2. The Balaban J connectivity index is 1.55. The highest BCUT2D eigenvalue weighted by Crippen LogP contribution is 2.34. The lowest BCUT2D eigenvalue weighted by atomic mass is 9.85. The van der Waals surface area contributed by atoms with Gasteiger partial charge in [0.25, 0.3) is 0 Å². The fourth-order valence-electron chi connectivity index (χ4n) is 3.17. The molecule has 0 radical (unpaired) electrons. The molecule has 3 rings (SSSR count). The van der Waals surface area contributed by atoms with Crippen molar-refractivity contribution in [2.24, 2.45) is 11.8 Å². The Labute approximate surface area is 140 Å². The smallest absolute Gasteiger partial charge is 0.240 e. The van der Waals surface area contributed by atoms with Crippen LogP contribution in [0.4, 0.5) is 0 Å². The summed E-state index contributed by atoms with van der Waals surface area (Å²) in [6.45, 7) is 0.133. The van der Waals surface area contributed by atoms with Crippen LogP contribution in [0, 0.1) is 11.8 Å². The normalized spacial score (nSPS) is 22.5. The number of fused-ring (bicyclic) bond motifs is 1. The number of nitrogens with zero attached hydrogens (tertiary/aromatic N) is 1. The summed E-state index contributed by atoms with van der Waals surface area (Å²) in [5.41, 5.74) is 0.918. The van der Waals surface area contributed by atoms with Crippen LogP contribution in [0.15, 0.2) is 36.4 Å². The van der Waals surface area contributed by atoms with E-state index in [0.717, 1.165) is 16.2 Å². The van der Waals surface area contributed by atoms with Gasteiger partial charge in [0, 0.05) is 6.54 Å². The highest BCUT2D eigenvalue weighted by atomic mass is 16.5. The number of imide groups is 1. The maximum Gasteiger partial charge on any atom is 0.240 e. The van der Waals surface area contributed by atoms with Gasteiger partial charge in [-0.2, -0.15) is 0 Å². The number of nitrogens with one attached hydrogen (secondary N) is 1. The molecule has 1 aromatic rings. The van der Waals surface area contributed by atoms with Gasteiger partial charge in [0.15, 0.2) is 0 Å². The number of amides is 3. The number of likely N-dealkylation sites (tertiary alicyclic amines) is 1. The van der Waals surface area contributed by atoms with Crippen LogP contribution in [0.2, 0.25) is 0 Å². The molecule has 0 unspecified atom stereocenters. The summed E-state index contributed by atoms with van der Waals surface area (Å²) >= 11 is 0. The molecule has 1 aromatic carbocycles. The van der Waals surface area contributed by atoms with Gasteiger partial charge in [0.05, 0.1) is 18.9 Å². The highest BCUT2D eigenvalue weighted by Gasteiger charge is 2.47. The van der Waals surface area contributed by atoms with Crippen molar-refractivity contribution >= 4 is 17.7 Å². The quantitative estimate of drug-likeness (QED) is 0.652. The molecule has 126 valence electrons. The third kappa shape index (κ3) is 3.18. The Hall–Kier alpha value is -2.63. The summed E-state index contributed by atoms with van der Waals surface area (Å²) in [6, 6.07) is 7.33. The molecule has 6 heteroatoms. The molecule has 1 aliphatic heterocycles. The van der Waals surface area contributed by atoms with Crippen LogP contribution in [-0.2, 0) is 20.9 Å². The largest absolute Gasteiger partial charge is 0.497 e. The number of hydrogen-bond donors (Lipinski definition) is 1. The topological polar surface area (TPSA) is 75.7 Å². The van der Waals surface area contributed by atoms with Gasteiger partial charge in [-0.3, -0.25) is 19.3 Å². The zero-order valence-electron chi connectivity index (χ0n) is 13.5. The van der Waals surface area contributed by atoms with E-state index in [9.17, 15) is 14.4 Å². The predicted molar refractivity (Wildman–Crippen MR) is 86.9 cm³/mol. The number of rotatable bonds is 5. The van der Waals surface area contributed by atoms with Crippen LogP contribution >= 0.6 is 0 Å². The number of methoxy groups -OCH3 is 1. The molecular weight excluding hydrogens is 308 g/mol. The molecule has 2 aliphatic rings. The molecule has 0 aromatic heterocycles. The number of carbonyl (C=O) groups excluding carboxylic acids is 3. The number of ether oxygens (including phenoxy) is 1.